The van der Waals surface area contributed by atoms with Gasteiger partial charge in [-0.25, -0.2) is 9.18 Å². The number of likely N-dealkylation sites (tertiary alicyclic amines) is 1. The first kappa shape index (κ1) is 22.6. The molecule has 33 heavy (non-hydrogen) atoms. The first-order chi connectivity index (χ1) is 15.9. The third kappa shape index (κ3) is 4.87. The largest absolute Gasteiger partial charge is 0.489 e. The van der Waals surface area contributed by atoms with E-state index >= 15 is 0 Å². The third-order valence-corrected chi connectivity index (χ3v) is 7.38. The molecule has 2 heterocycles. The van der Waals surface area contributed by atoms with Gasteiger partial charge in [-0.2, -0.15) is 0 Å². The van der Waals surface area contributed by atoms with Gasteiger partial charge in [-0.05, 0) is 81.7 Å². The number of benzene rings is 1. The van der Waals surface area contributed by atoms with Crippen LogP contribution in [0.25, 0.3) is 0 Å². The minimum absolute atomic E-state index is 0.0223. The third-order valence-electron chi connectivity index (χ3n) is 7.06. The van der Waals surface area contributed by atoms with Gasteiger partial charge in [-0.1, -0.05) is 11.6 Å². The highest BCUT2D eigenvalue weighted by atomic mass is 35.5. The maximum Gasteiger partial charge on any atom is 0.340 e. The molecule has 2 aliphatic carbocycles. The van der Waals surface area contributed by atoms with Gasteiger partial charge in [-0.3, -0.25) is 9.88 Å². The van der Waals surface area contributed by atoms with Gasteiger partial charge in [-0.15, -0.1) is 0 Å². The predicted octanol–water partition coefficient (Wildman–Crippen LogP) is 6.02. The van der Waals surface area contributed by atoms with Crippen LogP contribution in [0.1, 0.15) is 90.6 Å². The lowest BCUT2D eigenvalue weighted by atomic mass is 10.0. The molecule has 2 atom stereocenters. The number of carbonyl (C=O) groups is 1. The molecule has 5 rings (SSSR count). The number of piperidine rings is 1. The van der Waals surface area contributed by atoms with Gasteiger partial charge >= 0.3 is 5.97 Å². The Morgan fingerprint density at radius 1 is 1.18 bits per heavy atom. The Bertz CT molecular complexity index is 1050. The van der Waals surface area contributed by atoms with E-state index in [4.69, 9.17) is 26.1 Å². The number of rotatable bonds is 7. The normalized spacial score (nSPS) is 22.1. The average molecular weight is 473 g/mol. The summed E-state index contributed by atoms with van der Waals surface area (Å²) < 4.78 is 25.8. The van der Waals surface area contributed by atoms with Crippen LogP contribution in [0.5, 0.6) is 5.75 Å². The molecule has 2 aromatic rings. The van der Waals surface area contributed by atoms with Crippen LogP contribution in [-0.2, 0) is 4.74 Å². The Morgan fingerprint density at radius 3 is 2.64 bits per heavy atom. The lowest BCUT2D eigenvalue weighted by Gasteiger charge is -2.37. The van der Waals surface area contributed by atoms with Crippen LogP contribution in [0, 0.1) is 5.82 Å². The second-order valence-corrected chi connectivity index (χ2v) is 9.97. The highest BCUT2D eigenvalue weighted by Crippen LogP contribution is 2.46. The molecule has 176 valence electrons. The van der Waals surface area contributed by atoms with Gasteiger partial charge in [0.1, 0.15) is 17.7 Å². The first-order valence-electron chi connectivity index (χ1n) is 11.9. The number of hydrogen-bond acceptors (Lipinski definition) is 5. The standard InChI is InChI=1S/C26H30ClFN2O3/c1-15(23-10-9-21(27)25(29-23)17-7-8-17)30-11-3-4-18(14-30)33-24-13-22(28)20(26(31)32-2)12-19(24)16-5-6-16/h9-10,12-13,15-18H,3-8,11,14H2,1-2H3/t15-,18?/m1/s1. The Morgan fingerprint density at radius 2 is 1.94 bits per heavy atom. The molecular weight excluding hydrogens is 443 g/mol. The summed E-state index contributed by atoms with van der Waals surface area (Å²) in [6, 6.07) is 7.13. The molecule has 0 amide bonds. The van der Waals surface area contributed by atoms with E-state index in [9.17, 15) is 9.18 Å². The van der Waals surface area contributed by atoms with E-state index in [2.05, 4.69) is 11.8 Å². The quantitative estimate of drug-likeness (QED) is 0.461. The van der Waals surface area contributed by atoms with Crippen LogP contribution in [0.4, 0.5) is 4.39 Å². The Kier molecular flexibility index (Phi) is 6.32. The second kappa shape index (κ2) is 9.22. The van der Waals surface area contributed by atoms with Crippen molar-refractivity contribution in [2.75, 3.05) is 20.2 Å². The van der Waals surface area contributed by atoms with Crippen LogP contribution in [0.2, 0.25) is 5.02 Å². The number of halogens is 2. The topological polar surface area (TPSA) is 51.7 Å². The van der Waals surface area contributed by atoms with Crippen molar-refractivity contribution in [2.24, 2.45) is 0 Å². The van der Waals surface area contributed by atoms with Crippen molar-refractivity contribution in [1.82, 2.24) is 9.88 Å². The van der Waals surface area contributed by atoms with Gasteiger partial charge in [0.05, 0.1) is 29.1 Å². The predicted molar refractivity (Wildman–Crippen MR) is 125 cm³/mol. The summed E-state index contributed by atoms with van der Waals surface area (Å²) in [7, 11) is 1.27. The van der Waals surface area contributed by atoms with E-state index in [1.54, 1.807) is 6.07 Å². The Labute approximate surface area is 199 Å². The number of carbonyl (C=O) groups excluding carboxylic acids is 1. The lowest BCUT2D eigenvalue weighted by Crippen LogP contribution is -2.42. The maximum atomic E-state index is 14.7. The summed E-state index contributed by atoms with van der Waals surface area (Å²) >= 11 is 6.38. The number of methoxy groups -OCH3 is 1. The van der Waals surface area contributed by atoms with Crippen molar-refractivity contribution in [3.05, 3.63) is 57.6 Å². The van der Waals surface area contributed by atoms with Crippen LogP contribution < -0.4 is 4.74 Å². The van der Waals surface area contributed by atoms with E-state index < -0.39 is 11.8 Å². The number of ether oxygens (including phenoxy) is 2. The van der Waals surface area contributed by atoms with Crippen LogP contribution in [-0.4, -0.2) is 42.2 Å². The van der Waals surface area contributed by atoms with E-state index in [0.29, 0.717) is 17.6 Å². The molecule has 0 radical (unpaired) electrons. The zero-order valence-corrected chi connectivity index (χ0v) is 19.9. The molecule has 1 saturated heterocycles. The Balaban J connectivity index is 1.32. The number of hydrogen-bond donors (Lipinski definition) is 0. The minimum atomic E-state index is -0.653. The lowest BCUT2D eigenvalue weighted by molar-refractivity contribution is 0.0592. The number of aromatic nitrogens is 1. The molecule has 3 fully saturated rings. The highest BCUT2D eigenvalue weighted by molar-refractivity contribution is 6.31. The molecule has 0 N–H and O–H groups in total. The molecule has 0 spiro atoms. The minimum Gasteiger partial charge on any atom is -0.489 e. The summed E-state index contributed by atoms with van der Waals surface area (Å²) in [5.74, 6) is 0.134. The van der Waals surface area contributed by atoms with Gasteiger partial charge < -0.3 is 9.47 Å². The van der Waals surface area contributed by atoms with Gasteiger partial charge in [0, 0.05) is 24.6 Å². The highest BCUT2D eigenvalue weighted by Gasteiger charge is 2.33. The monoisotopic (exact) mass is 472 g/mol. The summed E-state index contributed by atoms with van der Waals surface area (Å²) in [6.07, 6.45) is 6.26. The van der Waals surface area contributed by atoms with Crippen molar-refractivity contribution >= 4 is 17.6 Å². The van der Waals surface area contributed by atoms with Crippen LogP contribution >= 0.6 is 11.6 Å². The van der Waals surface area contributed by atoms with Crippen molar-refractivity contribution in [2.45, 2.75) is 69.4 Å². The van der Waals surface area contributed by atoms with Crippen LogP contribution in [0.3, 0.4) is 0 Å². The van der Waals surface area contributed by atoms with Crippen molar-refractivity contribution < 1.29 is 18.7 Å². The van der Waals surface area contributed by atoms with Gasteiger partial charge in [0.25, 0.3) is 0 Å². The van der Waals surface area contributed by atoms with Crippen molar-refractivity contribution in [1.29, 1.82) is 0 Å². The molecule has 2 saturated carbocycles. The van der Waals surface area contributed by atoms with Crippen molar-refractivity contribution in [3.8, 4) is 5.75 Å². The fourth-order valence-electron chi connectivity index (χ4n) is 4.78. The molecule has 1 aromatic heterocycles. The van der Waals surface area contributed by atoms with E-state index in [1.807, 2.05) is 12.1 Å². The van der Waals surface area contributed by atoms with Crippen molar-refractivity contribution in [3.63, 3.8) is 0 Å². The molecule has 1 aromatic carbocycles. The summed E-state index contributed by atoms with van der Waals surface area (Å²) in [4.78, 5) is 19.2. The van der Waals surface area contributed by atoms with Crippen LogP contribution in [0.15, 0.2) is 24.3 Å². The second-order valence-electron chi connectivity index (χ2n) is 9.57. The molecule has 3 aliphatic rings. The van der Waals surface area contributed by atoms with E-state index in [1.165, 1.54) is 26.0 Å². The fraction of sp³-hybridized carbons (Fsp3) is 0.538. The van der Waals surface area contributed by atoms with Gasteiger partial charge in [0.2, 0.25) is 0 Å². The first-order valence-corrected chi connectivity index (χ1v) is 12.3. The van der Waals surface area contributed by atoms with E-state index in [0.717, 1.165) is 60.7 Å². The summed E-state index contributed by atoms with van der Waals surface area (Å²) in [5.41, 5.74) is 2.96. The van der Waals surface area contributed by atoms with E-state index in [-0.39, 0.29) is 17.7 Å². The molecule has 5 nitrogen and oxygen atoms in total. The summed E-state index contributed by atoms with van der Waals surface area (Å²) in [6.45, 7) is 3.89. The zero-order valence-electron chi connectivity index (χ0n) is 19.2. The number of esters is 1. The smallest absolute Gasteiger partial charge is 0.340 e. The fourth-order valence-corrected chi connectivity index (χ4v) is 5.04. The molecule has 0 bridgehead atoms. The number of pyridine rings is 1. The molecular formula is C26H30ClFN2O3. The zero-order chi connectivity index (χ0) is 23.1. The molecule has 7 heteroatoms. The SMILES string of the molecule is COC(=O)c1cc(C2CC2)c(OC2CCCN([C@H](C)c3ccc(Cl)c(C4CC4)n3)C2)cc1F. The average Bonchev–Trinajstić information content (AvgIpc) is 3.72. The molecule has 1 aliphatic heterocycles. The summed E-state index contributed by atoms with van der Waals surface area (Å²) in [5, 5.41) is 0.762. The Hall–Kier alpha value is -2.18. The molecule has 1 unspecified atom stereocenters. The number of nitrogens with zero attached hydrogens (tertiary/aromatic N) is 2. The van der Waals surface area contributed by atoms with Gasteiger partial charge in [0.15, 0.2) is 0 Å². The maximum absolute atomic E-state index is 14.7.